The van der Waals surface area contributed by atoms with E-state index in [2.05, 4.69) is 288 Å². The lowest BCUT2D eigenvalue weighted by atomic mass is 10.1. The van der Waals surface area contributed by atoms with Crippen LogP contribution in [0.25, 0.3) is 121 Å². The van der Waals surface area contributed by atoms with Crippen LogP contribution in [0.4, 0.5) is 34.1 Å². The number of hydrogen-bond donors (Lipinski definition) is 0. The molecule has 0 saturated heterocycles. The first-order valence-electron chi connectivity index (χ1n) is 27.6. The molecule has 0 unspecified atom stereocenters. The molecule has 0 N–H and O–H groups in total. The molecule has 0 amide bonds. The van der Waals surface area contributed by atoms with Crippen molar-refractivity contribution in [2.24, 2.45) is 0 Å². The van der Waals surface area contributed by atoms with Crippen molar-refractivity contribution in [1.29, 1.82) is 0 Å². The molecule has 0 saturated carbocycles. The summed E-state index contributed by atoms with van der Waals surface area (Å²) in [6, 6.07) is 90.9. The number of nitrogens with zero attached hydrogens (tertiary/aromatic N) is 4. The summed E-state index contributed by atoms with van der Waals surface area (Å²) in [5, 5.41) is 10.8. The van der Waals surface area contributed by atoms with Crippen LogP contribution in [0.3, 0.4) is 0 Å². The Hall–Kier alpha value is -10.8. The minimum absolute atomic E-state index is 0.789. The Morgan fingerprint density at radius 1 is 0.259 bits per heavy atom. The fourth-order valence-corrected chi connectivity index (χ4v) is 13.1. The summed E-state index contributed by atoms with van der Waals surface area (Å²) in [7, 11) is 0. The third-order valence-electron chi connectivity index (χ3n) is 16.7. The largest absolute Gasteiger partial charge is 0.456 e. The molecule has 7 heteroatoms. The van der Waals surface area contributed by atoms with Gasteiger partial charge in [0.1, 0.15) is 33.5 Å². The van der Waals surface area contributed by atoms with E-state index < -0.39 is 0 Å². The number of rotatable bonds is 8. The first-order chi connectivity index (χ1) is 40.0. The van der Waals surface area contributed by atoms with Crippen LogP contribution in [0.5, 0.6) is 0 Å². The third kappa shape index (κ3) is 6.76. The van der Waals surface area contributed by atoms with Crippen LogP contribution in [0.15, 0.2) is 268 Å². The van der Waals surface area contributed by atoms with E-state index in [0.29, 0.717) is 0 Å². The summed E-state index contributed by atoms with van der Waals surface area (Å²) >= 11 is 0. The van der Waals surface area contributed by atoms with Crippen molar-refractivity contribution >= 4 is 144 Å². The van der Waals surface area contributed by atoms with Crippen molar-refractivity contribution in [3.63, 3.8) is 0 Å². The second-order valence-corrected chi connectivity index (χ2v) is 21.3. The van der Waals surface area contributed by atoms with Gasteiger partial charge in [0.2, 0.25) is 0 Å². The molecule has 17 aromatic rings. The predicted molar refractivity (Wildman–Crippen MR) is 336 cm³/mol. The van der Waals surface area contributed by atoms with Gasteiger partial charge in [-0.1, -0.05) is 133 Å². The fraction of sp³-hybridized carbons (Fsp3) is 0.0270. The third-order valence-corrected chi connectivity index (χ3v) is 16.7. The van der Waals surface area contributed by atoms with Gasteiger partial charge in [-0.25, -0.2) is 0 Å². The average Bonchev–Trinajstić information content (AvgIpc) is 4.26. The van der Waals surface area contributed by atoms with Crippen molar-refractivity contribution in [3.05, 3.63) is 266 Å². The van der Waals surface area contributed by atoms with Gasteiger partial charge >= 0.3 is 0 Å². The topological polar surface area (TPSA) is 55.8 Å². The van der Waals surface area contributed by atoms with E-state index >= 15 is 0 Å². The standard InChI is InChI=1S/C74H48N4O3/c1-45-19-9-13-29-61(45)77-63-31-15-11-25-51(63)55-27-17-33-65(73(55)77)75(47-21-5-3-6-22-47)49-35-37-53-57-41-71-59(43-69(57)79-67(53)39-49)60-44-70-58(42-72(60)81-71)54-38-36-50(40-68(54)80-70)76(48-23-7-4-8-24-48)66-34-18-28-56-52-26-12-16-32-64(52)78(74(56)66)62-30-14-10-20-46(62)2/h3-44H,1-2H3. The van der Waals surface area contributed by atoms with Crippen molar-refractivity contribution in [2.45, 2.75) is 13.8 Å². The number of fused-ring (bicyclic) bond motifs is 15. The quantitative estimate of drug-likeness (QED) is 0.152. The Labute approximate surface area is 464 Å². The van der Waals surface area contributed by atoms with Crippen molar-refractivity contribution in [3.8, 4) is 11.4 Å². The van der Waals surface area contributed by atoms with Gasteiger partial charge in [-0.15, -0.1) is 0 Å². The van der Waals surface area contributed by atoms with Crippen LogP contribution in [-0.4, -0.2) is 9.13 Å². The van der Waals surface area contributed by atoms with E-state index in [1.54, 1.807) is 0 Å². The first-order valence-corrected chi connectivity index (χ1v) is 27.6. The van der Waals surface area contributed by atoms with Crippen LogP contribution in [-0.2, 0) is 0 Å². The molecule has 0 bridgehead atoms. The monoisotopic (exact) mass is 1040 g/mol. The van der Waals surface area contributed by atoms with Crippen LogP contribution in [0, 0.1) is 13.8 Å². The minimum atomic E-state index is 0.789. The number of aromatic nitrogens is 2. The number of para-hydroxylation sites is 8. The van der Waals surface area contributed by atoms with Crippen molar-refractivity contribution < 1.29 is 13.3 Å². The molecule has 0 atom stereocenters. The molecule has 382 valence electrons. The number of furan rings is 3. The zero-order valence-electron chi connectivity index (χ0n) is 44.3. The maximum Gasteiger partial charge on any atom is 0.137 e. The number of anilines is 6. The summed E-state index contributed by atoms with van der Waals surface area (Å²) < 4.78 is 25.5. The zero-order chi connectivity index (χ0) is 53.4. The molecule has 5 aromatic heterocycles. The number of aryl methyl sites for hydroxylation is 2. The van der Waals surface area contributed by atoms with E-state index in [-0.39, 0.29) is 0 Å². The molecule has 0 aliphatic carbocycles. The fourth-order valence-electron chi connectivity index (χ4n) is 13.1. The number of hydrogen-bond acceptors (Lipinski definition) is 5. The van der Waals surface area contributed by atoms with Gasteiger partial charge < -0.3 is 32.2 Å². The van der Waals surface area contributed by atoms with Gasteiger partial charge in [0.15, 0.2) is 0 Å². The average molecular weight is 1040 g/mol. The Morgan fingerprint density at radius 3 is 1.02 bits per heavy atom. The van der Waals surface area contributed by atoms with Crippen LogP contribution >= 0.6 is 0 Å². The van der Waals surface area contributed by atoms with E-state index in [9.17, 15) is 0 Å². The number of benzene rings is 12. The highest BCUT2D eigenvalue weighted by Crippen LogP contribution is 2.48. The van der Waals surface area contributed by atoms with Gasteiger partial charge in [0.25, 0.3) is 0 Å². The summed E-state index contributed by atoms with van der Waals surface area (Å²) in [4.78, 5) is 4.71. The molecule has 7 nitrogen and oxygen atoms in total. The van der Waals surface area contributed by atoms with Gasteiger partial charge in [-0.05, 0) is 134 Å². The lowest BCUT2D eigenvalue weighted by Gasteiger charge is -2.27. The molecular formula is C74H48N4O3. The van der Waals surface area contributed by atoms with Gasteiger partial charge in [0, 0.05) is 100 Å². The van der Waals surface area contributed by atoms with E-state index in [0.717, 1.165) is 133 Å². The maximum atomic E-state index is 6.91. The maximum absolute atomic E-state index is 6.91. The highest BCUT2D eigenvalue weighted by molar-refractivity contribution is 6.20. The van der Waals surface area contributed by atoms with Gasteiger partial charge in [-0.3, -0.25) is 0 Å². The molecule has 12 aromatic carbocycles. The first kappa shape index (κ1) is 45.3. The molecule has 81 heavy (non-hydrogen) atoms. The Morgan fingerprint density at radius 2 is 0.605 bits per heavy atom. The van der Waals surface area contributed by atoms with Crippen LogP contribution in [0.2, 0.25) is 0 Å². The summed E-state index contributed by atoms with van der Waals surface area (Å²) in [5.41, 5.74) is 20.2. The smallest absolute Gasteiger partial charge is 0.137 e. The molecular weight excluding hydrogens is 993 g/mol. The van der Waals surface area contributed by atoms with Gasteiger partial charge in [0.05, 0.1) is 33.4 Å². The SMILES string of the molecule is Cc1ccccc1-n1c2ccccc2c2cccc(N(c3ccccc3)c3ccc4c(c3)oc3cc5c(cc34)oc3cc4c(cc35)oc3cc(N(c5ccccc5)c5cccc6c7ccccc7n(-c7ccccc7C)c56)ccc34)c21. The van der Waals surface area contributed by atoms with E-state index in [1.165, 1.54) is 32.7 Å². The predicted octanol–water partition coefficient (Wildman–Crippen LogP) is 21.1. The highest BCUT2D eigenvalue weighted by Gasteiger charge is 2.26. The molecule has 0 fully saturated rings. The second kappa shape index (κ2) is 17.4. The minimum Gasteiger partial charge on any atom is -0.456 e. The van der Waals surface area contributed by atoms with Gasteiger partial charge in [-0.2, -0.15) is 0 Å². The van der Waals surface area contributed by atoms with Crippen molar-refractivity contribution in [2.75, 3.05) is 9.80 Å². The summed E-state index contributed by atoms with van der Waals surface area (Å²) in [5.74, 6) is 0. The lowest BCUT2D eigenvalue weighted by Crippen LogP contribution is -2.11. The molecule has 0 spiro atoms. The molecule has 17 rings (SSSR count). The Kier molecular flexibility index (Phi) is 9.71. The Bertz CT molecular complexity index is 5070. The lowest BCUT2D eigenvalue weighted by molar-refractivity contribution is 0.662. The molecule has 0 aliphatic rings. The van der Waals surface area contributed by atoms with E-state index in [1.807, 2.05) is 0 Å². The normalized spacial score (nSPS) is 12.1. The molecule has 0 aliphatic heterocycles. The van der Waals surface area contributed by atoms with Crippen molar-refractivity contribution in [1.82, 2.24) is 9.13 Å². The van der Waals surface area contributed by atoms with Crippen LogP contribution in [0.1, 0.15) is 11.1 Å². The molecule has 5 heterocycles. The molecule has 0 radical (unpaired) electrons. The second-order valence-electron chi connectivity index (χ2n) is 21.3. The van der Waals surface area contributed by atoms with E-state index in [4.69, 9.17) is 13.3 Å². The van der Waals surface area contributed by atoms with Crippen LogP contribution < -0.4 is 9.80 Å². The summed E-state index contributed by atoms with van der Waals surface area (Å²) in [6.07, 6.45) is 0. The Balaban J connectivity index is 0.793. The summed E-state index contributed by atoms with van der Waals surface area (Å²) in [6.45, 7) is 4.38. The zero-order valence-corrected chi connectivity index (χ0v) is 44.3. The highest BCUT2D eigenvalue weighted by atomic mass is 16.3.